The zero-order chi connectivity index (χ0) is 28.0. The van der Waals surface area contributed by atoms with Gasteiger partial charge in [-0.2, -0.15) is 0 Å². The molecule has 0 radical (unpaired) electrons. The SMILES string of the molecule is C.CCC.CCC.c1ccc(OCC2CO2)cc1.c1ccc(OCC2CO2)cc1.c1ccc(OCC2CO2)cc1. The fraction of sp³-hybridized carbons (Fsp3) is 0.471. The first-order valence-electron chi connectivity index (χ1n) is 14.1. The summed E-state index contributed by atoms with van der Waals surface area (Å²) < 4.78 is 31.2. The molecule has 0 bridgehead atoms. The normalized spacial score (nSPS) is 18.4. The quantitative estimate of drug-likeness (QED) is 0.251. The minimum Gasteiger partial charge on any atom is -0.491 e. The lowest BCUT2D eigenvalue weighted by atomic mass is 10.3. The van der Waals surface area contributed by atoms with Crippen molar-refractivity contribution in [1.29, 1.82) is 0 Å². The molecule has 40 heavy (non-hydrogen) atoms. The van der Waals surface area contributed by atoms with Gasteiger partial charge in [0.2, 0.25) is 0 Å². The summed E-state index contributed by atoms with van der Waals surface area (Å²) in [7, 11) is 0. The van der Waals surface area contributed by atoms with Crippen molar-refractivity contribution in [3.63, 3.8) is 0 Å². The molecule has 0 aliphatic carbocycles. The van der Waals surface area contributed by atoms with E-state index in [0.717, 1.165) is 37.1 Å². The first-order chi connectivity index (χ1) is 19.2. The molecule has 3 unspecified atom stereocenters. The van der Waals surface area contributed by atoms with Crippen LogP contribution >= 0.6 is 0 Å². The summed E-state index contributed by atoms with van der Waals surface area (Å²) in [5, 5.41) is 0. The Bertz CT molecular complexity index is 802. The molecule has 0 amide bonds. The van der Waals surface area contributed by atoms with Crippen LogP contribution < -0.4 is 14.2 Å². The Morgan fingerprint density at radius 3 is 0.850 bits per heavy atom. The molecule has 6 nitrogen and oxygen atoms in total. The molecule has 3 aliphatic rings. The Hall–Kier alpha value is -3.06. The minimum absolute atomic E-state index is 0. The van der Waals surface area contributed by atoms with Crippen LogP contribution in [0.3, 0.4) is 0 Å². The van der Waals surface area contributed by atoms with Crippen LogP contribution in [0, 0.1) is 0 Å². The van der Waals surface area contributed by atoms with Crippen LogP contribution in [0.15, 0.2) is 91.0 Å². The average molecular weight is 555 g/mol. The molecule has 0 aromatic heterocycles. The Morgan fingerprint density at radius 2 is 0.675 bits per heavy atom. The van der Waals surface area contributed by atoms with Gasteiger partial charge in [-0.15, -0.1) is 0 Å². The third-order valence-electron chi connectivity index (χ3n) is 4.74. The first kappa shape index (κ1) is 35.0. The molecular formula is C34H50O6. The van der Waals surface area contributed by atoms with E-state index in [9.17, 15) is 0 Å². The van der Waals surface area contributed by atoms with Crippen LogP contribution in [0.25, 0.3) is 0 Å². The van der Waals surface area contributed by atoms with Crippen molar-refractivity contribution in [3.8, 4) is 17.2 Å². The fourth-order valence-corrected chi connectivity index (χ4v) is 2.61. The summed E-state index contributed by atoms with van der Waals surface area (Å²) in [6.45, 7) is 13.1. The van der Waals surface area contributed by atoms with Crippen molar-refractivity contribution in [2.45, 2.75) is 66.3 Å². The third kappa shape index (κ3) is 19.9. The van der Waals surface area contributed by atoms with E-state index >= 15 is 0 Å². The molecular weight excluding hydrogens is 504 g/mol. The molecule has 0 saturated carbocycles. The summed E-state index contributed by atoms with van der Waals surface area (Å²) in [5.41, 5.74) is 0. The highest BCUT2D eigenvalue weighted by Gasteiger charge is 2.24. The molecule has 3 aromatic carbocycles. The number of para-hydroxylation sites is 3. The van der Waals surface area contributed by atoms with Gasteiger partial charge in [0.05, 0.1) is 19.8 Å². The molecule has 3 aliphatic heterocycles. The lowest BCUT2D eigenvalue weighted by Crippen LogP contribution is -2.03. The minimum atomic E-state index is 0. The van der Waals surface area contributed by atoms with Gasteiger partial charge < -0.3 is 28.4 Å². The molecule has 0 spiro atoms. The Balaban J connectivity index is 0.000000270. The Morgan fingerprint density at radius 1 is 0.475 bits per heavy atom. The molecule has 0 N–H and O–H groups in total. The molecule has 6 rings (SSSR count). The van der Waals surface area contributed by atoms with E-state index in [2.05, 4.69) is 27.7 Å². The second-order valence-electron chi connectivity index (χ2n) is 9.15. The standard InChI is InChI=1S/3C9H10O2.2C3H8.CH4/c3*1-2-4-8(5-3-1)10-6-9-7-11-9;2*1-3-2;/h3*1-5,9H,6-7H2;2*3H2,1-2H3;1H4. The van der Waals surface area contributed by atoms with Gasteiger partial charge in [-0.05, 0) is 36.4 Å². The number of hydrogen-bond donors (Lipinski definition) is 0. The van der Waals surface area contributed by atoms with Crippen LogP contribution in [-0.2, 0) is 14.2 Å². The molecule has 3 fully saturated rings. The van der Waals surface area contributed by atoms with Gasteiger partial charge >= 0.3 is 0 Å². The highest BCUT2D eigenvalue weighted by Crippen LogP contribution is 2.15. The van der Waals surface area contributed by atoms with Crippen LogP contribution in [0.1, 0.15) is 48.0 Å². The van der Waals surface area contributed by atoms with Crippen LogP contribution in [-0.4, -0.2) is 58.0 Å². The molecule has 3 saturated heterocycles. The third-order valence-corrected chi connectivity index (χ3v) is 4.74. The second-order valence-corrected chi connectivity index (χ2v) is 9.15. The lowest BCUT2D eigenvalue weighted by molar-refractivity contribution is 0.263. The number of benzene rings is 3. The summed E-state index contributed by atoms with van der Waals surface area (Å²) in [4.78, 5) is 0. The lowest BCUT2D eigenvalue weighted by Gasteiger charge is -2.01. The van der Waals surface area contributed by atoms with E-state index in [-0.39, 0.29) is 7.43 Å². The van der Waals surface area contributed by atoms with Crippen LogP contribution in [0.4, 0.5) is 0 Å². The monoisotopic (exact) mass is 554 g/mol. The van der Waals surface area contributed by atoms with E-state index in [1.54, 1.807) is 0 Å². The van der Waals surface area contributed by atoms with Crippen molar-refractivity contribution in [1.82, 2.24) is 0 Å². The van der Waals surface area contributed by atoms with Crippen molar-refractivity contribution in [3.05, 3.63) is 91.0 Å². The van der Waals surface area contributed by atoms with Gasteiger partial charge in [0.25, 0.3) is 0 Å². The Kier molecular flexibility index (Phi) is 19.9. The Labute approximate surface area is 242 Å². The molecule has 3 aromatic rings. The number of epoxide rings is 3. The van der Waals surface area contributed by atoms with Crippen molar-refractivity contribution >= 4 is 0 Å². The predicted octanol–water partition coefficient (Wildman–Crippen LogP) is 7.86. The molecule has 6 heteroatoms. The summed E-state index contributed by atoms with van der Waals surface area (Å²) >= 11 is 0. The molecule has 222 valence electrons. The summed E-state index contributed by atoms with van der Waals surface area (Å²) in [6.07, 6.45) is 3.53. The summed E-state index contributed by atoms with van der Waals surface area (Å²) in [5.74, 6) is 2.76. The highest BCUT2D eigenvalue weighted by atomic mass is 16.6. The average Bonchev–Trinajstić information content (AvgIpc) is 3.84. The zero-order valence-corrected chi connectivity index (χ0v) is 24.0. The van der Waals surface area contributed by atoms with Gasteiger partial charge in [-0.3, -0.25) is 0 Å². The van der Waals surface area contributed by atoms with Gasteiger partial charge in [0.15, 0.2) is 0 Å². The molecule has 3 atom stereocenters. The van der Waals surface area contributed by atoms with Crippen LogP contribution in [0.5, 0.6) is 17.2 Å². The number of hydrogen-bond acceptors (Lipinski definition) is 6. The van der Waals surface area contributed by atoms with E-state index < -0.39 is 0 Å². The maximum Gasteiger partial charge on any atom is 0.119 e. The van der Waals surface area contributed by atoms with E-state index in [0.29, 0.717) is 38.1 Å². The van der Waals surface area contributed by atoms with Gasteiger partial charge in [0, 0.05) is 0 Å². The largest absolute Gasteiger partial charge is 0.491 e. The number of ether oxygens (including phenoxy) is 6. The van der Waals surface area contributed by atoms with Crippen molar-refractivity contribution in [2.75, 3.05) is 39.6 Å². The maximum absolute atomic E-state index is 5.40. The van der Waals surface area contributed by atoms with E-state index in [1.165, 1.54) is 12.8 Å². The fourth-order valence-electron chi connectivity index (χ4n) is 2.61. The predicted molar refractivity (Wildman–Crippen MR) is 164 cm³/mol. The first-order valence-corrected chi connectivity index (χ1v) is 14.1. The van der Waals surface area contributed by atoms with Gasteiger partial charge in [0.1, 0.15) is 55.4 Å². The second kappa shape index (κ2) is 22.7. The number of rotatable bonds is 9. The zero-order valence-electron chi connectivity index (χ0n) is 24.0. The highest BCUT2D eigenvalue weighted by molar-refractivity contribution is 5.22. The van der Waals surface area contributed by atoms with Gasteiger partial charge in [-0.1, -0.05) is 103 Å². The topological polar surface area (TPSA) is 65.3 Å². The van der Waals surface area contributed by atoms with E-state index in [1.807, 2.05) is 91.0 Å². The molecule has 3 heterocycles. The summed E-state index contributed by atoms with van der Waals surface area (Å²) in [6, 6.07) is 29.4. The van der Waals surface area contributed by atoms with Crippen molar-refractivity contribution in [2.24, 2.45) is 0 Å². The van der Waals surface area contributed by atoms with Gasteiger partial charge in [-0.25, -0.2) is 0 Å². The smallest absolute Gasteiger partial charge is 0.119 e. The van der Waals surface area contributed by atoms with E-state index in [4.69, 9.17) is 28.4 Å². The van der Waals surface area contributed by atoms with Crippen molar-refractivity contribution < 1.29 is 28.4 Å². The van der Waals surface area contributed by atoms with Crippen LogP contribution in [0.2, 0.25) is 0 Å². The maximum atomic E-state index is 5.40.